The first-order chi connectivity index (χ1) is 25.5. The number of nitrogens with one attached hydrogen (secondary N) is 2. The molecule has 15 heteroatoms. The summed E-state index contributed by atoms with van der Waals surface area (Å²) in [5.74, 6) is 1.06. The fraction of sp³-hybridized carbons (Fsp3) is 0.342. The molecule has 2 aliphatic rings. The molecule has 0 aliphatic carbocycles. The number of amides is 2. The van der Waals surface area contributed by atoms with E-state index < -0.39 is 23.1 Å². The van der Waals surface area contributed by atoms with Crippen LogP contribution in [0, 0.1) is 5.41 Å². The second-order valence-electron chi connectivity index (χ2n) is 13.5. The number of aromatic nitrogens is 4. The fourth-order valence-electron chi connectivity index (χ4n) is 6.80. The second-order valence-corrected chi connectivity index (χ2v) is 13.5. The number of anilines is 2. The van der Waals surface area contributed by atoms with E-state index in [1.807, 2.05) is 30.0 Å². The number of pyridine rings is 2. The van der Waals surface area contributed by atoms with E-state index in [9.17, 15) is 22.8 Å². The Morgan fingerprint density at radius 3 is 2.47 bits per heavy atom. The Labute approximate surface area is 303 Å². The third-order valence-electron chi connectivity index (χ3n) is 9.72. The minimum Gasteiger partial charge on any atom is -0.497 e. The van der Waals surface area contributed by atoms with E-state index in [4.69, 9.17) is 24.3 Å². The number of ether oxygens (including phenoxy) is 3. The lowest BCUT2D eigenvalue weighted by Gasteiger charge is -2.42. The average molecular weight is 730 g/mol. The number of carbonyl (C=O) groups is 2. The first-order valence-corrected chi connectivity index (χ1v) is 17.1. The standard InChI is InChI=1S/C38H38F3N7O5/c1-37(21-53-22-37)36(50)47-16-4-5-25(20-47)32-29-13-15-43-34(44-19-24-8-11-28(51-2)18-30(24)52-3)33(29)48(46-32)27-9-6-23(7-10-27)35(49)45-31-17-26(12-14-42-31)38(39,40)41/h6-15,17-18,25H,4-5,16,19-22H2,1-3H3,(H,43,44)(H,42,45,49)/t25-/m1/s1. The molecule has 2 aliphatic heterocycles. The van der Waals surface area contributed by atoms with Crippen molar-refractivity contribution < 1.29 is 37.0 Å². The van der Waals surface area contributed by atoms with Gasteiger partial charge in [-0.3, -0.25) is 9.59 Å². The molecule has 5 aromatic rings. The van der Waals surface area contributed by atoms with Crippen LogP contribution in [0.5, 0.6) is 11.5 Å². The fourth-order valence-corrected chi connectivity index (χ4v) is 6.80. The van der Waals surface area contributed by atoms with Crippen LogP contribution in [0.2, 0.25) is 0 Å². The monoisotopic (exact) mass is 729 g/mol. The minimum absolute atomic E-state index is 0.0528. The van der Waals surface area contributed by atoms with Crippen LogP contribution in [0.4, 0.5) is 24.8 Å². The molecule has 7 rings (SSSR count). The van der Waals surface area contributed by atoms with Gasteiger partial charge in [-0.25, -0.2) is 14.6 Å². The average Bonchev–Trinajstić information content (AvgIpc) is 3.56. The van der Waals surface area contributed by atoms with Gasteiger partial charge in [0.25, 0.3) is 5.91 Å². The summed E-state index contributed by atoms with van der Waals surface area (Å²) in [6.07, 6.45) is -0.206. The Balaban J connectivity index is 1.22. The number of carbonyl (C=O) groups excluding carboxylic acids is 2. The Morgan fingerprint density at radius 1 is 1.00 bits per heavy atom. The third kappa shape index (κ3) is 7.20. The Hall–Kier alpha value is -5.70. The molecule has 0 saturated carbocycles. The largest absolute Gasteiger partial charge is 0.497 e. The summed E-state index contributed by atoms with van der Waals surface area (Å²) in [4.78, 5) is 37.0. The first kappa shape index (κ1) is 35.7. The van der Waals surface area contributed by atoms with Crippen LogP contribution in [0.3, 0.4) is 0 Å². The molecule has 2 amide bonds. The summed E-state index contributed by atoms with van der Waals surface area (Å²) >= 11 is 0. The number of fused-ring (bicyclic) bond motifs is 1. The summed E-state index contributed by atoms with van der Waals surface area (Å²) in [6.45, 7) is 4.31. The van der Waals surface area contributed by atoms with Crippen molar-refractivity contribution >= 4 is 34.4 Å². The molecule has 53 heavy (non-hydrogen) atoms. The number of piperidine rings is 1. The first-order valence-electron chi connectivity index (χ1n) is 17.1. The lowest BCUT2D eigenvalue weighted by Crippen LogP contribution is -2.55. The minimum atomic E-state index is -4.58. The molecule has 2 fully saturated rings. The topological polar surface area (TPSA) is 133 Å². The molecule has 5 heterocycles. The van der Waals surface area contributed by atoms with E-state index in [1.54, 1.807) is 55.4 Å². The van der Waals surface area contributed by atoms with Crippen molar-refractivity contribution in [2.45, 2.75) is 38.4 Å². The van der Waals surface area contributed by atoms with E-state index in [0.29, 0.717) is 61.4 Å². The van der Waals surface area contributed by atoms with Crippen LogP contribution >= 0.6 is 0 Å². The number of likely N-dealkylation sites (tertiary alicyclic amines) is 1. The zero-order valence-electron chi connectivity index (χ0n) is 29.4. The summed E-state index contributed by atoms with van der Waals surface area (Å²) in [5, 5.41) is 11.9. The molecule has 2 N–H and O–H groups in total. The molecule has 276 valence electrons. The summed E-state index contributed by atoms with van der Waals surface area (Å²) in [6, 6.07) is 15.7. The summed E-state index contributed by atoms with van der Waals surface area (Å²) in [5.41, 5.74) is 1.79. The molecule has 0 spiro atoms. The summed E-state index contributed by atoms with van der Waals surface area (Å²) in [7, 11) is 3.18. The maximum Gasteiger partial charge on any atom is 0.416 e. The molecule has 2 saturated heterocycles. The van der Waals surface area contributed by atoms with Gasteiger partial charge in [0, 0.05) is 60.5 Å². The van der Waals surface area contributed by atoms with Gasteiger partial charge in [-0.15, -0.1) is 0 Å². The highest BCUT2D eigenvalue weighted by Crippen LogP contribution is 2.38. The highest BCUT2D eigenvalue weighted by Gasteiger charge is 2.45. The number of methoxy groups -OCH3 is 2. The van der Waals surface area contributed by atoms with Crippen LogP contribution in [-0.4, -0.2) is 77.0 Å². The molecule has 0 radical (unpaired) electrons. The van der Waals surface area contributed by atoms with Crippen LogP contribution < -0.4 is 20.1 Å². The van der Waals surface area contributed by atoms with E-state index in [1.165, 1.54) is 0 Å². The van der Waals surface area contributed by atoms with E-state index in [-0.39, 0.29) is 23.2 Å². The summed E-state index contributed by atoms with van der Waals surface area (Å²) < 4.78 is 57.8. The Bertz CT molecular complexity index is 2150. The van der Waals surface area contributed by atoms with Gasteiger partial charge in [0.05, 0.1) is 49.8 Å². The molecule has 0 bridgehead atoms. The highest BCUT2D eigenvalue weighted by atomic mass is 19.4. The van der Waals surface area contributed by atoms with Crippen molar-refractivity contribution in [1.29, 1.82) is 0 Å². The van der Waals surface area contributed by atoms with Gasteiger partial charge in [-0.2, -0.15) is 18.3 Å². The van der Waals surface area contributed by atoms with Crippen molar-refractivity contribution in [3.63, 3.8) is 0 Å². The van der Waals surface area contributed by atoms with Crippen LogP contribution in [0.15, 0.2) is 73.1 Å². The normalized spacial score (nSPS) is 16.9. The van der Waals surface area contributed by atoms with E-state index >= 15 is 0 Å². The maximum atomic E-state index is 13.5. The number of alkyl halides is 3. The van der Waals surface area contributed by atoms with Gasteiger partial charge in [0.2, 0.25) is 5.91 Å². The molecule has 1 atom stereocenters. The third-order valence-corrected chi connectivity index (χ3v) is 9.72. The van der Waals surface area contributed by atoms with Gasteiger partial charge in [0.1, 0.15) is 22.8 Å². The Kier molecular flexibility index (Phi) is 9.68. The van der Waals surface area contributed by atoms with Crippen molar-refractivity contribution in [3.05, 3.63) is 95.4 Å². The smallest absolute Gasteiger partial charge is 0.416 e. The van der Waals surface area contributed by atoms with Crippen molar-refractivity contribution in [1.82, 2.24) is 24.6 Å². The SMILES string of the molecule is COc1ccc(CNc2nccc3c([C@@H]4CCCN(C(=O)C5(C)COC5)C4)nn(-c4ccc(C(=O)Nc5cc(C(F)(F)F)ccn5)cc4)c23)c(OC)c1. The van der Waals surface area contributed by atoms with Crippen molar-refractivity contribution in [2.75, 3.05) is 51.2 Å². The molecular formula is C38H38F3N7O5. The number of halogens is 3. The molecule has 12 nitrogen and oxygen atoms in total. The predicted octanol–water partition coefficient (Wildman–Crippen LogP) is 6.46. The van der Waals surface area contributed by atoms with Gasteiger partial charge in [-0.1, -0.05) is 0 Å². The van der Waals surface area contributed by atoms with Crippen molar-refractivity contribution in [2.24, 2.45) is 5.41 Å². The number of benzene rings is 2. The highest BCUT2D eigenvalue weighted by molar-refractivity contribution is 6.04. The quantitative estimate of drug-likeness (QED) is 0.166. The van der Waals surface area contributed by atoms with E-state index in [0.717, 1.165) is 47.8 Å². The van der Waals surface area contributed by atoms with E-state index in [2.05, 4.69) is 15.6 Å². The molecule has 0 unspecified atom stereocenters. The van der Waals surface area contributed by atoms with Gasteiger partial charge in [-0.05, 0) is 74.4 Å². The van der Waals surface area contributed by atoms with Crippen LogP contribution in [0.1, 0.15) is 52.9 Å². The van der Waals surface area contributed by atoms with Crippen LogP contribution in [0.25, 0.3) is 16.6 Å². The zero-order chi connectivity index (χ0) is 37.3. The number of rotatable bonds is 10. The second kappa shape index (κ2) is 14.4. The number of hydrogen-bond donors (Lipinski definition) is 2. The predicted molar refractivity (Wildman–Crippen MR) is 190 cm³/mol. The number of nitrogens with zero attached hydrogens (tertiary/aromatic N) is 5. The van der Waals surface area contributed by atoms with Crippen molar-refractivity contribution in [3.8, 4) is 17.2 Å². The lowest BCUT2D eigenvalue weighted by atomic mass is 9.85. The van der Waals surface area contributed by atoms with Gasteiger partial charge in [0.15, 0.2) is 5.82 Å². The van der Waals surface area contributed by atoms with Crippen LogP contribution in [-0.2, 0) is 22.3 Å². The lowest BCUT2D eigenvalue weighted by molar-refractivity contribution is -0.169. The Morgan fingerprint density at radius 2 is 1.77 bits per heavy atom. The molecule has 3 aromatic heterocycles. The van der Waals surface area contributed by atoms with Gasteiger partial charge < -0.3 is 29.7 Å². The molecule has 2 aromatic carbocycles. The maximum absolute atomic E-state index is 13.5. The van der Waals surface area contributed by atoms with Gasteiger partial charge >= 0.3 is 6.18 Å². The number of hydrogen-bond acceptors (Lipinski definition) is 9. The zero-order valence-corrected chi connectivity index (χ0v) is 29.4. The molecular weight excluding hydrogens is 691 g/mol.